The maximum absolute atomic E-state index is 4.64. The van der Waals surface area contributed by atoms with Crippen molar-refractivity contribution in [3.63, 3.8) is 0 Å². The fourth-order valence-corrected chi connectivity index (χ4v) is 0.228. The molecule has 0 amide bonds. The molecule has 0 saturated carbocycles. The minimum atomic E-state index is 0. The summed E-state index contributed by atoms with van der Waals surface area (Å²) in [7, 11) is 1.64. The topological polar surface area (TPSA) is 18.5 Å². The maximum atomic E-state index is 4.64. The summed E-state index contributed by atoms with van der Waals surface area (Å²) in [5.41, 5.74) is 0. The van der Waals surface area contributed by atoms with Gasteiger partial charge in [-0.15, -0.1) is 0 Å². The minimum absolute atomic E-state index is 0. The Morgan fingerprint density at radius 2 is 1.88 bits per heavy atom. The van der Waals surface area contributed by atoms with Crippen LogP contribution in [-0.4, -0.2) is 36.9 Å². The van der Waals surface area contributed by atoms with Crippen molar-refractivity contribution in [1.29, 1.82) is 0 Å². The van der Waals surface area contributed by atoms with Gasteiger partial charge in [0.1, 0.15) is 0 Å². The first kappa shape index (κ1) is 16.8. The predicted molar refractivity (Wildman–Crippen MR) is 28.0 cm³/mol. The monoisotopic (exact) mass is 152 g/mol. The van der Waals surface area contributed by atoms with Gasteiger partial charge < -0.3 is 5.71 Å². The van der Waals surface area contributed by atoms with E-state index in [-0.39, 0.29) is 64.8 Å². The molecule has 0 radical (unpaired) electrons. The number of ether oxygens (including phenoxy) is 1. The van der Waals surface area contributed by atoms with Crippen molar-refractivity contribution in [3.8, 4) is 0 Å². The molecular weight excluding hydrogens is 141 g/mol. The molecule has 0 bridgehead atoms. The predicted octanol–water partition coefficient (Wildman–Crippen LogP) is -5.81. The van der Waals surface area contributed by atoms with Gasteiger partial charge in [0.25, 0.3) is 0 Å². The van der Waals surface area contributed by atoms with Crippen LogP contribution in [0.3, 0.4) is 0 Å². The van der Waals surface area contributed by atoms with Gasteiger partial charge in [-0.1, -0.05) is 0 Å². The first-order valence-electron chi connectivity index (χ1n) is 1.72. The van der Waals surface area contributed by atoms with E-state index in [0.29, 0.717) is 13.2 Å². The Morgan fingerprint density at radius 3 is 2.00 bits per heavy atom. The molecule has 2 nitrogen and oxygen atoms in total. The summed E-state index contributed by atoms with van der Waals surface area (Å²) >= 11 is 2.15. The van der Waals surface area contributed by atoms with Crippen LogP contribution in [-0.2, 0) is 8.53 Å². The Morgan fingerprint density at radius 1 is 1.38 bits per heavy atom. The summed E-state index contributed by atoms with van der Waals surface area (Å²) < 4.78 is 9.22. The van der Waals surface area contributed by atoms with Crippen LogP contribution >= 0.6 is 0 Å². The van der Waals surface area contributed by atoms with Crippen molar-refractivity contribution in [3.05, 3.63) is 0 Å². The zero-order valence-electron chi connectivity index (χ0n) is 9.81. The number of hydrogen-bond acceptors (Lipinski definition) is 2. The van der Waals surface area contributed by atoms with Gasteiger partial charge in [0.15, 0.2) is 0 Å². The van der Waals surface area contributed by atoms with E-state index in [4.69, 9.17) is 0 Å². The quantitative estimate of drug-likeness (QED) is 0.296. The third kappa shape index (κ3) is 15.8. The molecule has 0 aliphatic carbocycles. The van der Waals surface area contributed by atoms with E-state index in [1.807, 2.05) is 0 Å². The van der Waals surface area contributed by atoms with E-state index in [9.17, 15) is 0 Å². The molecule has 0 aliphatic heterocycles. The average molecular weight is 152 g/mol. The van der Waals surface area contributed by atoms with Crippen molar-refractivity contribution < 1.29 is 73.3 Å². The molecular formula is C3H11AlNa2O2. The van der Waals surface area contributed by atoms with Crippen molar-refractivity contribution >= 4 is 16.6 Å². The van der Waals surface area contributed by atoms with Gasteiger partial charge in [-0.2, -0.15) is 0 Å². The fourth-order valence-electron chi connectivity index (χ4n) is 0.131. The van der Waals surface area contributed by atoms with Crippen LogP contribution in [0, 0.1) is 0 Å². The molecule has 0 heterocycles. The molecule has 0 unspecified atom stereocenters. The summed E-state index contributed by atoms with van der Waals surface area (Å²) in [5.74, 6) is 0. The van der Waals surface area contributed by atoms with Crippen LogP contribution in [0.2, 0.25) is 0 Å². The molecule has 0 saturated heterocycles. The van der Waals surface area contributed by atoms with E-state index in [2.05, 4.69) is 25.1 Å². The molecule has 0 atom stereocenters. The molecule has 0 aromatic carbocycles. The zero-order chi connectivity index (χ0) is 4.83. The third-order valence-corrected chi connectivity index (χ3v) is 0.641. The first-order valence-corrected chi connectivity index (χ1v) is 2.19. The Kier molecular flexibility index (Phi) is 34.1. The molecule has 0 aromatic rings. The Hall–Kier alpha value is 2.45. The normalized spacial score (nSPS) is 6.88. The van der Waals surface area contributed by atoms with Crippen molar-refractivity contribution in [2.45, 2.75) is 0 Å². The van der Waals surface area contributed by atoms with Gasteiger partial charge in [-0.05, 0) is 0 Å². The third-order valence-electron chi connectivity index (χ3n) is 0.405. The van der Waals surface area contributed by atoms with E-state index >= 15 is 0 Å². The summed E-state index contributed by atoms with van der Waals surface area (Å²) in [5, 5.41) is 0. The van der Waals surface area contributed by atoms with E-state index in [0.717, 1.165) is 0 Å². The molecule has 40 valence electrons. The largest absolute Gasteiger partial charge is 1.00 e. The number of hydrogen-bond donors (Lipinski definition) is 0. The van der Waals surface area contributed by atoms with E-state index in [1.54, 1.807) is 7.11 Å². The Bertz CT molecular complexity index is 38.3. The smallest absolute Gasteiger partial charge is 1.00 e. The molecule has 0 N–H and O–H groups in total. The molecule has 5 heteroatoms. The van der Waals surface area contributed by atoms with Gasteiger partial charge in [0.05, 0.1) is 0 Å². The molecule has 0 spiro atoms. The number of methoxy groups -OCH3 is 1. The van der Waals surface area contributed by atoms with Gasteiger partial charge in [-0.25, -0.2) is 0 Å². The standard InChI is InChI=1S/C3H7O2.Al.2Na.4H/c1-5-3-2-4;;;;;;;/h2-3H2,1H3;;;;;;;/q-1;+3;2*+1;4*-1. The van der Waals surface area contributed by atoms with Gasteiger partial charge >= 0.3 is 105 Å². The molecule has 8 heavy (non-hydrogen) atoms. The minimum Gasteiger partial charge on any atom is -1.00 e. The summed E-state index contributed by atoms with van der Waals surface area (Å²) in [4.78, 5) is 0. The van der Waals surface area contributed by atoms with Gasteiger partial charge in [0, 0.05) is 0 Å². The molecule has 0 aromatic heterocycles. The van der Waals surface area contributed by atoms with Gasteiger partial charge in [-0.3, -0.25) is 0 Å². The summed E-state index contributed by atoms with van der Waals surface area (Å²) in [6, 6.07) is 0. The van der Waals surface area contributed by atoms with Crippen molar-refractivity contribution in [1.82, 2.24) is 0 Å². The van der Waals surface area contributed by atoms with Crippen LogP contribution in [0.1, 0.15) is 5.71 Å². The number of rotatable bonds is 3. The summed E-state index contributed by atoms with van der Waals surface area (Å²) in [6.45, 7) is 1.32. The van der Waals surface area contributed by atoms with Crippen molar-refractivity contribution in [2.75, 3.05) is 20.3 Å². The Balaban J connectivity index is -0.00000000833. The second-order valence-electron chi connectivity index (χ2n) is 0.864. The second kappa shape index (κ2) is 16.2. The van der Waals surface area contributed by atoms with Crippen LogP contribution in [0.4, 0.5) is 0 Å². The van der Waals surface area contributed by atoms with Crippen LogP contribution < -0.4 is 59.1 Å². The van der Waals surface area contributed by atoms with Crippen LogP contribution in [0.5, 0.6) is 0 Å². The second-order valence-corrected chi connectivity index (χ2v) is 1.20. The maximum Gasteiger partial charge on any atom is 1.00 e. The zero-order valence-corrected chi connectivity index (χ0v) is 11.0. The SMILES string of the molecule is COCC[O][Al+2].[H-].[H-].[H-].[H-].[Na+].[Na+]. The first-order chi connectivity index (χ1) is 2.91. The fraction of sp³-hybridized carbons (Fsp3) is 1.00. The Labute approximate surface area is 109 Å². The van der Waals surface area contributed by atoms with Gasteiger partial charge in [0.2, 0.25) is 0 Å². The van der Waals surface area contributed by atoms with Crippen LogP contribution in [0.15, 0.2) is 0 Å². The molecule has 0 aliphatic rings. The van der Waals surface area contributed by atoms with E-state index in [1.165, 1.54) is 0 Å². The molecule has 0 rings (SSSR count). The summed E-state index contributed by atoms with van der Waals surface area (Å²) in [6.07, 6.45) is 0. The van der Waals surface area contributed by atoms with E-state index < -0.39 is 0 Å². The van der Waals surface area contributed by atoms with Crippen molar-refractivity contribution in [2.24, 2.45) is 0 Å². The molecule has 0 fully saturated rings. The van der Waals surface area contributed by atoms with Crippen LogP contribution in [0.25, 0.3) is 0 Å². The average Bonchev–Trinajstić information content (AvgIpc) is 1.61.